The maximum Gasteiger partial charge on any atom is 0.258 e. The number of aromatic nitrogens is 1. The Balaban J connectivity index is 1.51. The molecule has 1 aromatic heterocycles. The van der Waals surface area contributed by atoms with Gasteiger partial charge in [0, 0.05) is 21.4 Å². The van der Waals surface area contributed by atoms with Crippen molar-refractivity contribution in [3.63, 3.8) is 0 Å². The van der Waals surface area contributed by atoms with Gasteiger partial charge in [0.1, 0.15) is 12.3 Å². The summed E-state index contributed by atoms with van der Waals surface area (Å²) in [7, 11) is 0. The van der Waals surface area contributed by atoms with Crippen LogP contribution in [0.25, 0.3) is 10.8 Å². The van der Waals surface area contributed by atoms with Crippen LogP contribution in [0.4, 0.5) is 5.69 Å². The topological polar surface area (TPSA) is 60.3 Å². The van der Waals surface area contributed by atoms with Gasteiger partial charge in [-0.2, -0.15) is 0 Å². The number of amides is 1. The number of nitrogens with one attached hydrogen (secondary N) is 1. The van der Waals surface area contributed by atoms with E-state index < -0.39 is 0 Å². The minimum atomic E-state index is -0.257. The Kier molecular flexibility index (Phi) is 6.61. The van der Waals surface area contributed by atoms with Crippen molar-refractivity contribution >= 4 is 34.1 Å². The Hall–Kier alpha value is -3.51. The molecule has 0 unspecified atom stereocenters. The lowest BCUT2D eigenvalue weighted by molar-refractivity contribution is -0.116. The monoisotopic (exact) mass is 444 g/mol. The highest BCUT2D eigenvalue weighted by atomic mass is 32.2. The van der Waals surface area contributed by atoms with E-state index in [4.69, 9.17) is 4.74 Å². The first-order valence-corrected chi connectivity index (χ1v) is 11.2. The summed E-state index contributed by atoms with van der Waals surface area (Å²) < 4.78 is 7.13. The van der Waals surface area contributed by atoms with Gasteiger partial charge in [0.15, 0.2) is 0 Å². The summed E-state index contributed by atoms with van der Waals surface area (Å²) in [4.78, 5) is 27.7. The molecule has 0 aliphatic rings. The number of anilines is 1. The van der Waals surface area contributed by atoms with Crippen LogP contribution in [0.3, 0.4) is 0 Å². The van der Waals surface area contributed by atoms with E-state index in [1.807, 2.05) is 80.6 Å². The molecule has 0 aliphatic heterocycles. The van der Waals surface area contributed by atoms with Crippen molar-refractivity contribution in [1.82, 2.24) is 4.57 Å². The van der Waals surface area contributed by atoms with Crippen molar-refractivity contribution in [2.45, 2.75) is 36.3 Å². The van der Waals surface area contributed by atoms with Gasteiger partial charge in [0.2, 0.25) is 5.91 Å². The number of pyridine rings is 1. The summed E-state index contributed by atoms with van der Waals surface area (Å²) in [5.41, 5.74) is 0.511. The van der Waals surface area contributed by atoms with Crippen LogP contribution in [-0.2, 0) is 11.3 Å². The number of nitrogens with zero attached hydrogens (tertiary/aromatic N) is 1. The molecule has 0 aliphatic carbocycles. The van der Waals surface area contributed by atoms with Gasteiger partial charge < -0.3 is 14.6 Å². The molecular weight excluding hydrogens is 420 g/mol. The second kappa shape index (κ2) is 9.75. The van der Waals surface area contributed by atoms with Crippen LogP contribution in [0.15, 0.2) is 99.6 Å². The van der Waals surface area contributed by atoms with Crippen molar-refractivity contribution in [1.29, 1.82) is 0 Å². The fourth-order valence-corrected chi connectivity index (χ4v) is 4.28. The molecule has 1 N–H and O–H groups in total. The summed E-state index contributed by atoms with van der Waals surface area (Å²) in [5, 5.41) is 4.28. The molecule has 5 nitrogen and oxygen atoms in total. The highest BCUT2D eigenvalue weighted by Gasteiger charge is 2.11. The third kappa shape index (κ3) is 5.21. The fourth-order valence-electron chi connectivity index (χ4n) is 3.35. The number of rotatable bonds is 7. The quantitative estimate of drug-likeness (QED) is 0.404. The van der Waals surface area contributed by atoms with Crippen LogP contribution in [0.5, 0.6) is 5.75 Å². The first-order chi connectivity index (χ1) is 15.5. The molecule has 0 saturated heterocycles. The van der Waals surface area contributed by atoms with E-state index in [-0.39, 0.29) is 24.1 Å². The normalized spacial score (nSPS) is 11.0. The third-order valence-corrected chi connectivity index (χ3v) is 5.85. The van der Waals surface area contributed by atoms with Crippen molar-refractivity contribution in [2.24, 2.45) is 0 Å². The minimum Gasteiger partial charge on any atom is -0.491 e. The largest absolute Gasteiger partial charge is 0.491 e. The highest BCUT2D eigenvalue weighted by molar-refractivity contribution is 7.99. The second-order valence-electron chi connectivity index (χ2n) is 7.62. The Morgan fingerprint density at radius 1 is 1.00 bits per heavy atom. The van der Waals surface area contributed by atoms with Crippen molar-refractivity contribution < 1.29 is 9.53 Å². The second-order valence-corrected chi connectivity index (χ2v) is 8.74. The molecule has 4 rings (SSSR count). The molecular formula is C26H24N2O3S. The van der Waals surface area contributed by atoms with E-state index in [1.165, 1.54) is 4.57 Å². The molecule has 0 bridgehead atoms. The molecule has 0 atom stereocenters. The number of para-hydroxylation sites is 1. The predicted octanol–water partition coefficient (Wildman–Crippen LogP) is 5.58. The SMILES string of the molecule is CC(C)Oc1ccc2c(=O)n(CC(=O)Nc3ccccc3Sc3ccccc3)ccc2c1. The van der Waals surface area contributed by atoms with E-state index in [9.17, 15) is 9.59 Å². The van der Waals surface area contributed by atoms with Crippen LogP contribution in [0, 0.1) is 0 Å². The molecule has 6 heteroatoms. The lowest BCUT2D eigenvalue weighted by Gasteiger charge is -2.13. The Labute approximate surface area is 191 Å². The summed E-state index contributed by atoms with van der Waals surface area (Å²) in [6.45, 7) is 3.85. The van der Waals surface area contributed by atoms with E-state index >= 15 is 0 Å². The summed E-state index contributed by atoms with van der Waals surface area (Å²) >= 11 is 1.58. The lowest BCUT2D eigenvalue weighted by Crippen LogP contribution is -2.27. The maximum absolute atomic E-state index is 12.9. The predicted molar refractivity (Wildman–Crippen MR) is 130 cm³/mol. The number of hydrogen-bond donors (Lipinski definition) is 1. The zero-order valence-corrected chi connectivity index (χ0v) is 18.8. The van der Waals surface area contributed by atoms with Crippen LogP contribution >= 0.6 is 11.8 Å². The smallest absolute Gasteiger partial charge is 0.258 e. The van der Waals surface area contributed by atoms with Gasteiger partial charge in [0.25, 0.3) is 5.56 Å². The third-order valence-electron chi connectivity index (χ3n) is 4.77. The standard InChI is InChI=1S/C26H24N2O3S/c1-18(2)31-20-12-13-22-19(16-20)14-15-28(26(22)30)17-25(29)27-23-10-6-7-11-24(23)32-21-8-4-3-5-9-21/h3-16,18H,17H2,1-2H3,(H,27,29). The molecule has 0 spiro atoms. The van der Waals surface area contributed by atoms with Crippen molar-refractivity contribution in [3.8, 4) is 5.75 Å². The maximum atomic E-state index is 12.9. The number of carbonyl (C=O) groups is 1. The summed E-state index contributed by atoms with van der Waals surface area (Å²) in [6, 6.07) is 24.8. The molecule has 162 valence electrons. The molecule has 32 heavy (non-hydrogen) atoms. The highest BCUT2D eigenvalue weighted by Crippen LogP contribution is 2.33. The Morgan fingerprint density at radius 3 is 2.53 bits per heavy atom. The minimum absolute atomic E-state index is 0.0550. The zero-order chi connectivity index (χ0) is 22.5. The molecule has 0 fully saturated rings. The van der Waals surface area contributed by atoms with Crippen molar-refractivity contribution in [2.75, 3.05) is 5.32 Å². The van der Waals surface area contributed by atoms with E-state index in [1.54, 1.807) is 30.1 Å². The number of benzene rings is 3. The first kappa shape index (κ1) is 21.7. The average molecular weight is 445 g/mol. The van der Waals surface area contributed by atoms with Gasteiger partial charge >= 0.3 is 0 Å². The van der Waals surface area contributed by atoms with Gasteiger partial charge in [-0.25, -0.2) is 0 Å². The van der Waals surface area contributed by atoms with Gasteiger partial charge in [-0.15, -0.1) is 0 Å². The van der Waals surface area contributed by atoms with Crippen LogP contribution in [-0.4, -0.2) is 16.6 Å². The molecule has 0 saturated carbocycles. The van der Waals surface area contributed by atoms with Gasteiger partial charge in [-0.1, -0.05) is 42.1 Å². The van der Waals surface area contributed by atoms with E-state index in [2.05, 4.69) is 5.32 Å². The number of carbonyl (C=O) groups excluding carboxylic acids is 1. The van der Waals surface area contributed by atoms with E-state index in [0.717, 1.165) is 26.6 Å². The van der Waals surface area contributed by atoms with E-state index in [0.29, 0.717) is 5.39 Å². The molecule has 4 aromatic rings. The Bertz CT molecular complexity index is 1300. The number of fused-ring (bicyclic) bond motifs is 1. The van der Waals surface area contributed by atoms with Gasteiger partial charge in [-0.05, 0) is 67.8 Å². The molecule has 3 aromatic carbocycles. The summed E-state index contributed by atoms with van der Waals surface area (Å²) in [5.74, 6) is 0.460. The molecule has 0 radical (unpaired) electrons. The average Bonchev–Trinajstić information content (AvgIpc) is 2.77. The zero-order valence-electron chi connectivity index (χ0n) is 17.9. The summed E-state index contributed by atoms with van der Waals surface area (Å²) in [6.07, 6.45) is 1.70. The molecule has 1 amide bonds. The van der Waals surface area contributed by atoms with Crippen LogP contribution in [0.1, 0.15) is 13.8 Å². The van der Waals surface area contributed by atoms with Gasteiger partial charge in [-0.3, -0.25) is 9.59 Å². The van der Waals surface area contributed by atoms with Crippen LogP contribution in [0.2, 0.25) is 0 Å². The Morgan fingerprint density at radius 2 is 1.75 bits per heavy atom. The lowest BCUT2D eigenvalue weighted by atomic mass is 10.1. The first-order valence-electron chi connectivity index (χ1n) is 10.4. The molecule has 1 heterocycles. The number of ether oxygens (including phenoxy) is 1. The fraction of sp³-hybridized carbons (Fsp3) is 0.154. The van der Waals surface area contributed by atoms with Gasteiger partial charge in [0.05, 0.1) is 11.8 Å². The van der Waals surface area contributed by atoms with Crippen molar-refractivity contribution in [3.05, 3.63) is 95.4 Å². The van der Waals surface area contributed by atoms with Crippen LogP contribution < -0.4 is 15.6 Å². The number of hydrogen-bond acceptors (Lipinski definition) is 4.